The minimum Gasteiger partial charge on any atom is -0.488 e. The molecule has 1 saturated carbocycles. The maximum Gasteiger partial charge on any atom is 0.407 e. The maximum absolute atomic E-state index is 14.0. The van der Waals surface area contributed by atoms with E-state index in [1.54, 1.807) is 11.1 Å². The number of benzene rings is 3. The molecule has 2 aromatic heterocycles. The summed E-state index contributed by atoms with van der Waals surface area (Å²) in [5.74, 6) is 2.09. The average Bonchev–Trinajstić information content (AvgIpc) is 3.56. The van der Waals surface area contributed by atoms with Gasteiger partial charge in [-0.05, 0) is 76.4 Å². The monoisotopic (exact) mass is 820 g/mol. The number of rotatable bonds is 14. The summed E-state index contributed by atoms with van der Waals surface area (Å²) in [4.78, 5) is 71.8. The van der Waals surface area contributed by atoms with Crippen molar-refractivity contribution in [2.75, 3.05) is 20.8 Å². The van der Waals surface area contributed by atoms with Crippen molar-refractivity contribution in [2.24, 2.45) is 23.7 Å². The summed E-state index contributed by atoms with van der Waals surface area (Å²) in [6, 6.07) is 13.1. The SMILES string of the molecule is CCCN(Cc1ncc(-c2ccc3c(c2)COc2cc4c(ccc5[nH]c(CN(C(=O)C(NC(=O)OC)C(C)C)C6C(C)C6C)nc54)cc2-3)[nH]1)C(=O)C(NC(=O)OC)C(C)C. The molecule has 15 heteroatoms. The van der Waals surface area contributed by atoms with Gasteiger partial charge >= 0.3 is 12.2 Å². The van der Waals surface area contributed by atoms with Gasteiger partial charge in [-0.2, -0.15) is 0 Å². The van der Waals surface area contributed by atoms with E-state index in [0.717, 1.165) is 61.9 Å². The molecule has 2 aliphatic rings. The Morgan fingerprint density at radius 1 is 0.850 bits per heavy atom. The zero-order valence-corrected chi connectivity index (χ0v) is 35.8. The summed E-state index contributed by atoms with van der Waals surface area (Å²) in [5.41, 5.74) is 6.49. The number of nitrogens with one attached hydrogen (secondary N) is 4. The Morgan fingerprint density at radius 3 is 2.17 bits per heavy atom. The van der Waals surface area contributed by atoms with Gasteiger partial charge < -0.3 is 44.6 Å². The molecule has 0 saturated heterocycles. The molecule has 4 N–H and O–H groups in total. The third-order valence-electron chi connectivity index (χ3n) is 12.0. The first kappa shape index (κ1) is 42.0. The van der Waals surface area contributed by atoms with Gasteiger partial charge in [-0.1, -0.05) is 66.7 Å². The van der Waals surface area contributed by atoms with Crippen molar-refractivity contribution in [1.82, 2.24) is 40.4 Å². The number of imidazole rings is 2. The second-order valence-electron chi connectivity index (χ2n) is 16.8. The molecule has 5 aromatic rings. The molecule has 3 aromatic carbocycles. The molecule has 4 atom stereocenters. The van der Waals surface area contributed by atoms with Crippen LogP contribution in [0.25, 0.3) is 44.2 Å². The predicted molar refractivity (Wildman–Crippen MR) is 228 cm³/mol. The maximum atomic E-state index is 14.0. The van der Waals surface area contributed by atoms with Gasteiger partial charge in [0.25, 0.3) is 0 Å². The Bertz CT molecular complexity index is 2410. The van der Waals surface area contributed by atoms with Crippen LogP contribution in [0.3, 0.4) is 0 Å². The Kier molecular flexibility index (Phi) is 12.1. The summed E-state index contributed by atoms with van der Waals surface area (Å²) in [6.07, 6.45) is 1.24. The van der Waals surface area contributed by atoms with E-state index in [9.17, 15) is 19.2 Å². The molecule has 4 amide bonds. The molecular weight excluding hydrogens is 765 g/mol. The van der Waals surface area contributed by atoms with Crippen LogP contribution in [-0.2, 0) is 38.8 Å². The third kappa shape index (κ3) is 8.34. The topological polar surface area (TPSA) is 184 Å². The van der Waals surface area contributed by atoms with Crippen molar-refractivity contribution < 1.29 is 33.4 Å². The van der Waals surface area contributed by atoms with Crippen LogP contribution in [-0.4, -0.2) is 92.6 Å². The number of aromatic amines is 2. The highest BCUT2D eigenvalue weighted by molar-refractivity contribution is 6.07. The summed E-state index contributed by atoms with van der Waals surface area (Å²) in [6.45, 7) is 15.3. The molecule has 0 spiro atoms. The number of alkyl carbamates (subject to hydrolysis) is 2. The van der Waals surface area contributed by atoms with Gasteiger partial charge in [0.05, 0.1) is 50.2 Å². The van der Waals surface area contributed by atoms with Gasteiger partial charge in [-0.25, -0.2) is 19.6 Å². The van der Waals surface area contributed by atoms with Gasteiger partial charge in [-0.15, -0.1) is 0 Å². The lowest BCUT2D eigenvalue weighted by Gasteiger charge is -2.29. The molecule has 7 rings (SSSR count). The van der Waals surface area contributed by atoms with Gasteiger partial charge in [0.1, 0.15) is 36.1 Å². The first-order chi connectivity index (χ1) is 28.7. The summed E-state index contributed by atoms with van der Waals surface area (Å²) in [5, 5.41) is 7.37. The molecule has 1 fully saturated rings. The van der Waals surface area contributed by atoms with Crippen molar-refractivity contribution in [3.05, 3.63) is 65.9 Å². The number of carbonyl (C=O) groups is 4. The fourth-order valence-electron chi connectivity index (χ4n) is 8.36. The fourth-order valence-corrected chi connectivity index (χ4v) is 8.36. The Balaban J connectivity index is 1.12. The third-order valence-corrected chi connectivity index (χ3v) is 12.0. The van der Waals surface area contributed by atoms with Gasteiger partial charge in [-0.3, -0.25) is 9.59 Å². The van der Waals surface area contributed by atoms with Crippen LogP contribution >= 0.6 is 0 Å². The van der Waals surface area contributed by atoms with E-state index in [1.807, 2.05) is 51.7 Å². The van der Waals surface area contributed by atoms with Crippen molar-refractivity contribution in [2.45, 2.75) is 92.7 Å². The first-order valence-electron chi connectivity index (χ1n) is 20.8. The molecule has 4 unspecified atom stereocenters. The van der Waals surface area contributed by atoms with Crippen LogP contribution in [0.4, 0.5) is 9.59 Å². The number of ether oxygens (including phenoxy) is 3. The summed E-state index contributed by atoms with van der Waals surface area (Å²) >= 11 is 0. The average molecular weight is 821 g/mol. The molecule has 60 heavy (non-hydrogen) atoms. The first-order valence-corrected chi connectivity index (χ1v) is 20.8. The zero-order valence-electron chi connectivity index (χ0n) is 35.8. The van der Waals surface area contributed by atoms with E-state index in [1.165, 1.54) is 14.2 Å². The number of methoxy groups -OCH3 is 2. The number of aromatic nitrogens is 4. The highest BCUT2D eigenvalue weighted by atomic mass is 16.5. The molecule has 318 valence electrons. The van der Waals surface area contributed by atoms with Crippen LogP contribution < -0.4 is 15.4 Å². The minimum atomic E-state index is -0.733. The van der Waals surface area contributed by atoms with E-state index in [-0.39, 0.29) is 42.8 Å². The number of nitrogens with zero attached hydrogens (tertiary/aromatic N) is 4. The number of H-pyrrole nitrogens is 2. The molecule has 1 aliphatic carbocycles. The van der Waals surface area contributed by atoms with Gasteiger partial charge in [0.15, 0.2) is 0 Å². The largest absolute Gasteiger partial charge is 0.488 e. The Morgan fingerprint density at radius 2 is 1.53 bits per heavy atom. The van der Waals surface area contributed by atoms with Gasteiger partial charge in [0, 0.05) is 23.5 Å². The highest BCUT2D eigenvalue weighted by Gasteiger charge is 2.50. The van der Waals surface area contributed by atoms with E-state index in [2.05, 4.69) is 69.8 Å². The van der Waals surface area contributed by atoms with Crippen molar-refractivity contribution in [1.29, 1.82) is 0 Å². The molecular formula is C45H56N8O7. The van der Waals surface area contributed by atoms with Crippen LogP contribution in [0.2, 0.25) is 0 Å². The van der Waals surface area contributed by atoms with Crippen molar-refractivity contribution in [3.63, 3.8) is 0 Å². The zero-order chi connectivity index (χ0) is 43.0. The minimum absolute atomic E-state index is 0.0344. The number of amides is 4. The van der Waals surface area contributed by atoms with Crippen LogP contribution in [0.1, 0.15) is 72.1 Å². The quantitative estimate of drug-likeness (QED) is 0.0904. The molecule has 0 radical (unpaired) electrons. The van der Waals surface area contributed by atoms with Crippen LogP contribution in [0.5, 0.6) is 5.75 Å². The number of carbonyl (C=O) groups excluding carboxylic acids is 4. The lowest BCUT2D eigenvalue weighted by atomic mass is 9.92. The van der Waals surface area contributed by atoms with Crippen molar-refractivity contribution in [3.8, 4) is 28.1 Å². The Hall–Kier alpha value is -6.12. The van der Waals surface area contributed by atoms with E-state index < -0.39 is 24.3 Å². The highest BCUT2D eigenvalue weighted by Crippen LogP contribution is 2.45. The number of hydrogen-bond donors (Lipinski definition) is 4. The molecule has 0 bridgehead atoms. The van der Waals surface area contributed by atoms with Crippen molar-refractivity contribution >= 4 is 45.8 Å². The summed E-state index contributed by atoms with van der Waals surface area (Å²) in [7, 11) is 2.57. The standard InChI is InChI=1S/C45H56N8O7/c1-10-15-52(42(54)38(23(2)3)50-44(56)58-8)20-36-46-19-34(48-36)28-11-13-30-29(16-28)22-60-35-18-31-27(17-32(30)35)12-14-33-40(31)49-37(47-33)21-53(41-25(6)26(41)7)43(55)39(24(4)5)51-45(57)59-9/h11-14,16-19,23-26,38-39,41H,10,15,20-22H2,1-9H3,(H,46,48)(H,47,49)(H,50,56)(H,51,57). The normalized spacial score (nSPS) is 17.7. The predicted octanol–water partition coefficient (Wildman–Crippen LogP) is 7.15. The van der Waals surface area contributed by atoms with Gasteiger partial charge in [0.2, 0.25) is 11.8 Å². The summed E-state index contributed by atoms with van der Waals surface area (Å²) < 4.78 is 16.0. The lowest BCUT2D eigenvalue weighted by Crippen LogP contribution is -2.52. The number of hydrogen-bond acceptors (Lipinski definition) is 9. The smallest absolute Gasteiger partial charge is 0.407 e. The van der Waals surface area contributed by atoms with E-state index in [4.69, 9.17) is 19.2 Å². The second-order valence-corrected chi connectivity index (χ2v) is 16.8. The second kappa shape index (κ2) is 17.2. The van der Waals surface area contributed by atoms with E-state index in [0.29, 0.717) is 36.6 Å². The fraction of sp³-hybridized carbons (Fsp3) is 0.467. The van der Waals surface area contributed by atoms with Crippen LogP contribution in [0, 0.1) is 23.7 Å². The molecule has 1 aliphatic heterocycles. The molecule has 15 nitrogen and oxygen atoms in total. The van der Waals surface area contributed by atoms with Crippen LogP contribution in [0.15, 0.2) is 48.7 Å². The molecule has 3 heterocycles. The van der Waals surface area contributed by atoms with E-state index >= 15 is 0 Å². The Labute approximate surface area is 349 Å². The lowest BCUT2D eigenvalue weighted by molar-refractivity contribution is -0.136. The number of fused-ring (bicyclic) bond motifs is 6.